The van der Waals surface area contributed by atoms with Crippen molar-refractivity contribution < 1.29 is 13.5 Å². The molecule has 4 heteroatoms. The molecule has 1 fully saturated rings. The monoisotopic (exact) mass is 273 g/mol. The van der Waals surface area contributed by atoms with Crippen LogP contribution in [-0.2, 0) is 16.4 Å². The Bertz CT molecular complexity index is 659. The van der Waals surface area contributed by atoms with Gasteiger partial charge in [-0.3, -0.25) is 0 Å². The van der Waals surface area contributed by atoms with E-state index in [1.54, 1.807) is 47.4 Å². The molecule has 2 aliphatic rings. The predicted octanol–water partition coefficient (Wildman–Crippen LogP) is 3.48. The van der Waals surface area contributed by atoms with Gasteiger partial charge in [-0.2, -0.15) is 8.78 Å². The van der Waals surface area contributed by atoms with Gasteiger partial charge in [0, 0.05) is 23.4 Å². The lowest BCUT2D eigenvalue weighted by molar-refractivity contribution is -0.190. The molecule has 0 amide bonds. The molecule has 0 bridgehead atoms. The van der Waals surface area contributed by atoms with Crippen molar-refractivity contribution in [3.63, 3.8) is 0 Å². The number of alkyl halides is 2. The summed E-state index contributed by atoms with van der Waals surface area (Å²) in [6.45, 7) is 0.778. The summed E-state index contributed by atoms with van der Waals surface area (Å²) in [6.07, 6.45) is 0. The van der Waals surface area contributed by atoms with Crippen LogP contribution in [0.25, 0.3) is 0 Å². The van der Waals surface area contributed by atoms with Crippen molar-refractivity contribution in [3.8, 4) is 0 Å². The maximum Gasteiger partial charge on any atom is 0.326 e. The molecule has 20 heavy (non-hydrogen) atoms. The first kappa shape index (κ1) is 11.9. The van der Waals surface area contributed by atoms with Crippen LogP contribution in [0.15, 0.2) is 54.6 Å². The maximum atomic E-state index is 15.1. The molecule has 0 N–H and O–H groups in total. The zero-order valence-corrected chi connectivity index (χ0v) is 10.7. The van der Waals surface area contributed by atoms with Gasteiger partial charge in [-0.05, 0) is 6.07 Å². The second kappa shape index (κ2) is 3.79. The van der Waals surface area contributed by atoms with E-state index in [4.69, 9.17) is 4.74 Å². The number of rotatable bonds is 1. The van der Waals surface area contributed by atoms with Gasteiger partial charge in [0.25, 0.3) is 0 Å². The highest BCUT2D eigenvalue weighted by Crippen LogP contribution is 2.60. The van der Waals surface area contributed by atoms with Crippen LogP contribution < -0.4 is 4.90 Å². The molecular formula is C16H13F2NO. The number of hydrogen-bond donors (Lipinski definition) is 0. The largest absolute Gasteiger partial charge is 0.344 e. The molecule has 0 unspecified atom stereocenters. The Morgan fingerprint density at radius 1 is 0.950 bits per heavy atom. The number of fused-ring (bicyclic) bond motifs is 3. The van der Waals surface area contributed by atoms with E-state index in [-0.39, 0.29) is 5.56 Å². The van der Waals surface area contributed by atoms with Crippen molar-refractivity contribution in [2.24, 2.45) is 0 Å². The molecular weight excluding hydrogens is 260 g/mol. The number of anilines is 1. The normalized spacial score (nSPS) is 26.4. The van der Waals surface area contributed by atoms with Gasteiger partial charge in [-0.25, -0.2) is 0 Å². The number of nitrogens with zero attached hydrogens (tertiary/aromatic N) is 1. The van der Waals surface area contributed by atoms with E-state index in [1.165, 1.54) is 6.07 Å². The minimum atomic E-state index is -3.07. The van der Waals surface area contributed by atoms with Crippen molar-refractivity contribution in [2.45, 2.75) is 11.6 Å². The van der Waals surface area contributed by atoms with E-state index >= 15 is 8.78 Å². The van der Waals surface area contributed by atoms with Crippen LogP contribution >= 0.6 is 0 Å². The van der Waals surface area contributed by atoms with Gasteiger partial charge in [0.1, 0.15) is 0 Å². The molecule has 2 aromatic rings. The summed E-state index contributed by atoms with van der Waals surface area (Å²) in [6, 6.07) is 15.4. The highest BCUT2D eigenvalue weighted by atomic mass is 19.3. The highest BCUT2D eigenvalue weighted by molar-refractivity contribution is 5.66. The van der Waals surface area contributed by atoms with Gasteiger partial charge >= 0.3 is 5.92 Å². The number of benzene rings is 2. The Labute approximate surface area is 115 Å². The van der Waals surface area contributed by atoms with Crippen molar-refractivity contribution in [3.05, 3.63) is 65.7 Å². The first-order valence-corrected chi connectivity index (χ1v) is 6.62. The number of para-hydroxylation sites is 1. The van der Waals surface area contributed by atoms with Gasteiger partial charge in [0.05, 0.1) is 6.61 Å². The van der Waals surface area contributed by atoms with Gasteiger partial charge in [0.15, 0.2) is 0 Å². The van der Waals surface area contributed by atoms with Crippen molar-refractivity contribution in [1.29, 1.82) is 0 Å². The second-order valence-electron chi connectivity index (χ2n) is 5.10. The molecule has 2 heterocycles. The summed E-state index contributed by atoms with van der Waals surface area (Å²) in [4.78, 5) is 1.69. The summed E-state index contributed by atoms with van der Waals surface area (Å²) < 4.78 is 35.8. The van der Waals surface area contributed by atoms with Gasteiger partial charge < -0.3 is 9.64 Å². The Hall–Kier alpha value is -1.94. The molecule has 2 aliphatic heterocycles. The Kier molecular flexibility index (Phi) is 2.25. The van der Waals surface area contributed by atoms with Crippen molar-refractivity contribution in [2.75, 3.05) is 18.1 Å². The van der Waals surface area contributed by atoms with E-state index in [0.717, 1.165) is 0 Å². The standard InChI is InChI=1S/C16H13F2NO/c17-15(18)13-8-4-5-9-14(13)19-10-11-20-16(15,19)12-6-2-1-3-7-12/h1-9H,10-11H2/t16-/m0/s1. The Morgan fingerprint density at radius 3 is 2.45 bits per heavy atom. The van der Waals surface area contributed by atoms with Crippen LogP contribution in [0.2, 0.25) is 0 Å². The SMILES string of the molecule is FC1(F)c2ccccc2N2CCO[C@]21c1ccccc1. The van der Waals surface area contributed by atoms with Crippen LogP contribution in [0.3, 0.4) is 0 Å². The lowest BCUT2D eigenvalue weighted by atomic mass is 9.94. The van der Waals surface area contributed by atoms with Gasteiger partial charge in [-0.1, -0.05) is 48.5 Å². The Balaban J connectivity index is 2.00. The fraction of sp³-hybridized carbons (Fsp3) is 0.250. The van der Waals surface area contributed by atoms with E-state index in [0.29, 0.717) is 24.4 Å². The smallest absolute Gasteiger partial charge is 0.326 e. The summed E-state index contributed by atoms with van der Waals surface area (Å²) in [5.74, 6) is -3.07. The Morgan fingerprint density at radius 2 is 1.65 bits per heavy atom. The molecule has 0 aliphatic carbocycles. The van der Waals surface area contributed by atoms with Crippen LogP contribution in [0.4, 0.5) is 14.5 Å². The highest BCUT2D eigenvalue weighted by Gasteiger charge is 2.68. The third kappa shape index (κ3) is 1.20. The quantitative estimate of drug-likeness (QED) is 0.788. The molecule has 2 nitrogen and oxygen atoms in total. The molecule has 0 saturated carbocycles. The summed E-state index contributed by atoms with van der Waals surface area (Å²) in [5.41, 5.74) is -0.584. The second-order valence-corrected chi connectivity index (χ2v) is 5.10. The summed E-state index contributed by atoms with van der Waals surface area (Å²) in [7, 11) is 0. The fourth-order valence-electron chi connectivity index (χ4n) is 3.31. The fourth-order valence-corrected chi connectivity index (χ4v) is 3.31. The third-order valence-corrected chi connectivity index (χ3v) is 4.13. The van der Waals surface area contributed by atoms with Crippen molar-refractivity contribution in [1.82, 2.24) is 0 Å². The first-order chi connectivity index (χ1) is 9.68. The summed E-state index contributed by atoms with van der Waals surface area (Å²) in [5, 5.41) is 0. The average Bonchev–Trinajstić information content (AvgIpc) is 3.00. The van der Waals surface area contributed by atoms with Crippen LogP contribution in [0.1, 0.15) is 11.1 Å². The molecule has 4 rings (SSSR count). The first-order valence-electron chi connectivity index (χ1n) is 6.62. The molecule has 2 aromatic carbocycles. The molecule has 102 valence electrons. The number of ether oxygens (including phenoxy) is 1. The van der Waals surface area contributed by atoms with Gasteiger partial charge in [-0.15, -0.1) is 0 Å². The lowest BCUT2D eigenvalue weighted by Gasteiger charge is -2.36. The topological polar surface area (TPSA) is 12.5 Å². The molecule has 1 saturated heterocycles. The molecule has 0 spiro atoms. The lowest BCUT2D eigenvalue weighted by Crippen LogP contribution is -2.48. The predicted molar refractivity (Wildman–Crippen MR) is 71.8 cm³/mol. The van der Waals surface area contributed by atoms with E-state index < -0.39 is 11.6 Å². The molecule has 0 radical (unpaired) electrons. The maximum absolute atomic E-state index is 15.1. The van der Waals surface area contributed by atoms with E-state index in [2.05, 4.69) is 0 Å². The summed E-state index contributed by atoms with van der Waals surface area (Å²) >= 11 is 0. The minimum Gasteiger partial charge on any atom is -0.344 e. The molecule has 1 atom stereocenters. The number of hydrogen-bond acceptors (Lipinski definition) is 2. The van der Waals surface area contributed by atoms with Crippen molar-refractivity contribution >= 4 is 5.69 Å². The minimum absolute atomic E-state index is 0.0450. The zero-order valence-electron chi connectivity index (χ0n) is 10.7. The molecule has 0 aromatic heterocycles. The van der Waals surface area contributed by atoms with Crippen LogP contribution in [-0.4, -0.2) is 13.2 Å². The average molecular weight is 273 g/mol. The van der Waals surface area contributed by atoms with E-state index in [1.807, 2.05) is 6.07 Å². The van der Waals surface area contributed by atoms with Crippen LogP contribution in [0.5, 0.6) is 0 Å². The third-order valence-electron chi connectivity index (χ3n) is 4.13. The zero-order chi connectivity index (χ0) is 13.8. The number of halogens is 2. The van der Waals surface area contributed by atoms with Gasteiger partial charge in [0.2, 0.25) is 5.72 Å². The van der Waals surface area contributed by atoms with E-state index in [9.17, 15) is 0 Å². The van der Waals surface area contributed by atoms with Crippen LogP contribution in [0, 0.1) is 0 Å².